The van der Waals surface area contributed by atoms with Crippen molar-refractivity contribution in [3.05, 3.63) is 35.4 Å². The molecule has 0 spiro atoms. The second kappa shape index (κ2) is 10.7. The molecule has 36 heavy (non-hydrogen) atoms. The van der Waals surface area contributed by atoms with Gasteiger partial charge in [-0.3, -0.25) is 14.5 Å². The average molecular weight is 526 g/mol. The normalized spacial score (nSPS) is 27.5. The minimum absolute atomic E-state index is 0.0939. The third kappa shape index (κ3) is 6.25. The lowest BCUT2D eigenvalue weighted by atomic mass is 9.82. The van der Waals surface area contributed by atoms with E-state index in [0.29, 0.717) is 30.7 Å². The molecule has 2 aliphatic heterocycles. The summed E-state index contributed by atoms with van der Waals surface area (Å²) < 4.78 is 51.6. The van der Waals surface area contributed by atoms with Gasteiger partial charge in [0, 0.05) is 49.8 Å². The maximum atomic E-state index is 13.5. The molecule has 1 aromatic carbocycles. The molecule has 3 atom stereocenters. The lowest BCUT2D eigenvalue weighted by Gasteiger charge is -2.39. The SMILES string of the molecule is CS(=O)(=O)C(CC1CCC(F)(F)CC1)C(=O)NCCN1C2CCC1CC(c1ccccc1C(N)=O)C2. The Balaban J connectivity index is 1.31. The topological polar surface area (TPSA) is 110 Å². The number of nitrogens with two attached hydrogens (primary N) is 1. The number of rotatable bonds is 9. The van der Waals surface area contributed by atoms with Gasteiger partial charge in [-0.1, -0.05) is 18.2 Å². The van der Waals surface area contributed by atoms with Gasteiger partial charge in [0.05, 0.1) is 0 Å². The summed E-state index contributed by atoms with van der Waals surface area (Å²) in [4.78, 5) is 27.1. The van der Waals surface area contributed by atoms with Crippen molar-refractivity contribution >= 4 is 21.7 Å². The first-order chi connectivity index (χ1) is 16.9. The number of nitrogens with one attached hydrogen (secondary N) is 1. The fourth-order valence-corrected chi connectivity index (χ4v) is 7.60. The molecule has 3 N–H and O–H groups in total. The number of piperidine rings is 1. The number of benzene rings is 1. The lowest BCUT2D eigenvalue weighted by Crippen LogP contribution is -2.48. The van der Waals surface area contributed by atoms with E-state index in [1.165, 1.54) is 0 Å². The highest BCUT2D eigenvalue weighted by molar-refractivity contribution is 7.92. The zero-order chi connectivity index (χ0) is 26.1. The monoisotopic (exact) mass is 525 g/mol. The average Bonchev–Trinajstić information content (AvgIpc) is 3.04. The molecule has 0 radical (unpaired) electrons. The summed E-state index contributed by atoms with van der Waals surface area (Å²) in [5, 5.41) is 1.60. The minimum atomic E-state index is -3.66. The van der Waals surface area contributed by atoms with Gasteiger partial charge in [-0.25, -0.2) is 17.2 Å². The first kappa shape index (κ1) is 27.0. The van der Waals surface area contributed by atoms with E-state index in [2.05, 4.69) is 10.2 Å². The number of nitrogens with zero attached hydrogens (tertiary/aromatic N) is 1. The van der Waals surface area contributed by atoms with Gasteiger partial charge in [0.2, 0.25) is 17.7 Å². The molecule has 1 saturated carbocycles. The Bertz CT molecular complexity index is 1060. The van der Waals surface area contributed by atoms with E-state index >= 15 is 0 Å². The highest BCUT2D eigenvalue weighted by Gasteiger charge is 2.42. The Labute approximate surface area is 212 Å². The van der Waals surface area contributed by atoms with Crippen LogP contribution in [-0.2, 0) is 14.6 Å². The summed E-state index contributed by atoms with van der Waals surface area (Å²) in [5.41, 5.74) is 7.17. The number of sulfone groups is 1. The van der Waals surface area contributed by atoms with Gasteiger partial charge in [-0.15, -0.1) is 0 Å². The maximum Gasteiger partial charge on any atom is 0.248 e. The summed E-state index contributed by atoms with van der Waals surface area (Å²) in [6, 6.07) is 8.19. The summed E-state index contributed by atoms with van der Waals surface area (Å²) in [6.45, 7) is 0.959. The molecule has 200 valence electrons. The van der Waals surface area contributed by atoms with Gasteiger partial charge < -0.3 is 11.1 Å². The molecule has 2 amide bonds. The lowest BCUT2D eigenvalue weighted by molar-refractivity contribution is -0.121. The molecule has 4 rings (SSSR count). The van der Waals surface area contributed by atoms with Crippen molar-refractivity contribution in [2.75, 3.05) is 19.3 Å². The van der Waals surface area contributed by atoms with Crippen molar-refractivity contribution in [1.29, 1.82) is 0 Å². The summed E-state index contributed by atoms with van der Waals surface area (Å²) in [7, 11) is -3.66. The van der Waals surface area contributed by atoms with Gasteiger partial charge in [0.15, 0.2) is 9.84 Å². The van der Waals surface area contributed by atoms with E-state index in [1.807, 2.05) is 18.2 Å². The van der Waals surface area contributed by atoms with Crippen LogP contribution in [0.25, 0.3) is 0 Å². The zero-order valence-electron chi connectivity index (χ0n) is 20.8. The fourth-order valence-electron chi connectivity index (χ4n) is 6.51. The Morgan fingerprint density at radius 3 is 2.31 bits per heavy atom. The Morgan fingerprint density at radius 2 is 1.72 bits per heavy atom. The van der Waals surface area contributed by atoms with E-state index in [-0.39, 0.29) is 43.9 Å². The highest BCUT2D eigenvalue weighted by Crippen LogP contribution is 2.43. The van der Waals surface area contributed by atoms with Crippen molar-refractivity contribution < 1.29 is 26.8 Å². The molecular weight excluding hydrogens is 488 g/mol. The number of hydrogen-bond donors (Lipinski definition) is 2. The zero-order valence-corrected chi connectivity index (χ0v) is 21.6. The summed E-state index contributed by atoms with van der Waals surface area (Å²) >= 11 is 0. The summed E-state index contributed by atoms with van der Waals surface area (Å²) in [5.74, 6) is -3.56. The van der Waals surface area contributed by atoms with Crippen LogP contribution in [0.3, 0.4) is 0 Å². The second-order valence-corrected chi connectivity index (χ2v) is 13.1. The van der Waals surface area contributed by atoms with Crippen molar-refractivity contribution in [2.24, 2.45) is 11.7 Å². The molecule has 1 aliphatic carbocycles. The van der Waals surface area contributed by atoms with Gasteiger partial charge in [-0.2, -0.15) is 0 Å². The Hall–Kier alpha value is -2.07. The third-order valence-corrected chi connectivity index (χ3v) is 9.85. The summed E-state index contributed by atoms with van der Waals surface area (Å²) in [6.07, 6.45) is 5.03. The molecule has 10 heteroatoms. The van der Waals surface area contributed by atoms with Crippen molar-refractivity contribution in [2.45, 2.75) is 87.0 Å². The van der Waals surface area contributed by atoms with Crippen LogP contribution in [0.1, 0.15) is 79.6 Å². The number of fused-ring (bicyclic) bond motifs is 2. The fraction of sp³-hybridized carbons (Fsp3) is 0.692. The standard InChI is InChI=1S/C26H37F2N3O4S/c1-36(34,35)23(14-17-8-10-26(27,28)11-9-17)25(33)30-12-13-31-19-6-7-20(31)16-18(15-19)21-4-2-3-5-22(21)24(29)32/h2-5,17-20,23H,6-16H2,1H3,(H2,29,32)(H,30,33). The van der Waals surface area contributed by atoms with Crippen LogP contribution in [0.2, 0.25) is 0 Å². The smallest absolute Gasteiger partial charge is 0.248 e. The van der Waals surface area contributed by atoms with Crippen LogP contribution in [-0.4, -0.2) is 67.7 Å². The van der Waals surface area contributed by atoms with Crippen LogP contribution in [0, 0.1) is 5.92 Å². The molecule has 1 aromatic rings. The molecule has 3 aliphatic rings. The molecule has 2 saturated heterocycles. The minimum Gasteiger partial charge on any atom is -0.366 e. The van der Waals surface area contributed by atoms with Gasteiger partial charge in [0.1, 0.15) is 5.25 Å². The van der Waals surface area contributed by atoms with Crippen LogP contribution >= 0.6 is 0 Å². The first-order valence-electron chi connectivity index (χ1n) is 12.9. The Kier molecular flexibility index (Phi) is 8.04. The number of carbonyl (C=O) groups is 2. The van der Waals surface area contributed by atoms with Crippen LogP contribution in [0.15, 0.2) is 24.3 Å². The number of halogens is 2. The largest absolute Gasteiger partial charge is 0.366 e. The van der Waals surface area contributed by atoms with Crippen molar-refractivity contribution in [3.63, 3.8) is 0 Å². The van der Waals surface area contributed by atoms with Crippen LogP contribution in [0.4, 0.5) is 8.78 Å². The number of carbonyl (C=O) groups excluding carboxylic acids is 2. The van der Waals surface area contributed by atoms with Crippen LogP contribution < -0.4 is 11.1 Å². The van der Waals surface area contributed by atoms with E-state index in [0.717, 1.165) is 37.5 Å². The van der Waals surface area contributed by atoms with Crippen LogP contribution in [0.5, 0.6) is 0 Å². The third-order valence-electron chi connectivity index (χ3n) is 8.41. The van der Waals surface area contributed by atoms with E-state index in [9.17, 15) is 26.8 Å². The molecule has 2 bridgehead atoms. The van der Waals surface area contributed by atoms with Gasteiger partial charge >= 0.3 is 0 Å². The van der Waals surface area contributed by atoms with Crippen molar-refractivity contribution in [1.82, 2.24) is 10.2 Å². The number of primary amides is 1. The predicted octanol–water partition coefficient (Wildman–Crippen LogP) is 3.24. The number of alkyl halides is 2. The number of hydrogen-bond acceptors (Lipinski definition) is 5. The molecular formula is C26H37F2N3O4S. The molecule has 0 aromatic heterocycles. The highest BCUT2D eigenvalue weighted by atomic mass is 32.2. The first-order valence-corrected chi connectivity index (χ1v) is 14.9. The molecule has 7 nitrogen and oxygen atoms in total. The maximum absolute atomic E-state index is 13.5. The molecule has 2 heterocycles. The van der Waals surface area contributed by atoms with E-state index in [1.54, 1.807) is 6.07 Å². The van der Waals surface area contributed by atoms with Crippen molar-refractivity contribution in [3.8, 4) is 0 Å². The molecule has 3 fully saturated rings. The van der Waals surface area contributed by atoms with Gasteiger partial charge in [0.25, 0.3) is 0 Å². The van der Waals surface area contributed by atoms with E-state index in [4.69, 9.17) is 5.73 Å². The quantitative estimate of drug-likeness (QED) is 0.515. The van der Waals surface area contributed by atoms with E-state index < -0.39 is 32.8 Å². The second-order valence-electron chi connectivity index (χ2n) is 10.9. The van der Waals surface area contributed by atoms with Gasteiger partial charge in [-0.05, 0) is 68.4 Å². The Morgan fingerprint density at radius 1 is 1.11 bits per heavy atom. The predicted molar refractivity (Wildman–Crippen MR) is 134 cm³/mol. The molecule has 3 unspecified atom stereocenters. The number of amides is 2.